The average Bonchev–Trinajstić information content (AvgIpc) is 3.04. The molecule has 108 valence electrons. The molecule has 0 aromatic carbocycles. The number of fused-ring (bicyclic) bond motifs is 1. The summed E-state index contributed by atoms with van der Waals surface area (Å²) in [7, 11) is 0. The predicted octanol–water partition coefficient (Wildman–Crippen LogP) is 1.94. The molecule has 1 unspecified atom stereocenters. The molecule has 0 radical (unpaired) electrons. The predicted molar refractivity (Wildman–Crippen MR) is 75.3 cm³/mol. The summed E-state index contributed by atoms with van der Waals surface area (Å²) in [6.45, 7) is 3.53. The molecule has 2 aromatic heterocycles. The van der Waals surface area contributed by atoms with Gasteiger partial charge in [0.1, 0.15) is 5.76 Å². The fourth-order valence-electron chi connectivity index (χ4n) is 2.92. The lowest BCUT2D eigenvalue weighted by molar-refractivity contribution is 0.266. The fourth-order valence-corrected chi connectivity index (χ4v) is 2.92. The highest BCUT2D eigenvalue weighted by molar-refractivity contribution is 5.25. The number of aryl methyl sites for hydroxylation is 1. The summed E-state index contributed by atoms with van der Waals surface area (Å²) in [5.74, 6) is 1.000. The Hall–Kier alpha value is -1.59. The smallest absolute Gasteiger partial charge is 0.120 e. The quantitative estimate of drug-likeness (QED) is 0.875. The van der Waals surface area contributed by atoms with Gasteiger partial charge < -0.3 is 14.8 Å². The first kappa shape index (κ1) is 13.4. The molecule has 0 amide bonds. The summed E-state index contributed by atoms with van der Waals surface area (Å²) >= 11 is 0. The van der Waals surface area contributed by atoms with Gasteiger partial charge in [0.2, 0.25) is 0 Å². The third kappa shape index (κ3) is 2.51. The lowest BCUT2D eigenvalue weighted by Crippen LogP contribution is -2.25. The Balaban J connectivity index is 1.72. The minimum Gasteiger partial charge on any atom is -0.468 e. The van der Waals surface area contributed by atoms with Crippen molar-refractivity contribution >= 4 is 0 Å². The van der Waals surface area contributed by atoms with Gasteiger partial charge >= 0.3 is 0 Å². The van der Waals surface area contributed by atoms with E-state index in [2.05, 4.69) is 17.3 Å². The van der Waals surface area contributed by atoms with Gasteiger partial charge in [-0.05, 0) is 37.8 Å². The van der Waals surface area contributed by atoms with Crippen LogP contribution in [0.2, 0.25) is 0 Å². The molecule has 0 bridgehead atoms. The van der Waals surface area contributed by atoms with Crippen molar-refractivity contribution in [2.24, 2.45) is 0 Å². The lowest BCUT2D eigenvalue weighted by atomic mass is 9.93. The minimum atomic E-state index is 0.137. The van der Waals surface area contributed by atoms with Crippen LogP contribution >= 0.6 is 0 Å². The zero-order valence-corrected chi connectivity index (χ0v) is 11.8. The molecule has 0 saturated carbocycles. The Bertz CT molecular complexity index is 573. The molecule has 20 heavy (non-hydrogen) atoms. The number of hydrogen-bond donors (Lipinski definition) is 2. The van der Waals surface area contributed by atoms with Crippen LogP contribution in [0.4, 0.5) is 0 Å². The van der Waals surface area contributed by atoms with Gasteiger partial charge in [0.25, 0.3) is 0 Å². The summed E-state index contributed by atoms with van der Waals surface area (Å²) in [5.41, 5.74) is 3.72. The van der Waals surface area contributed by atoms with E-state index >= 15 is 0 Å². The van der Waals surface area contributed by atoms with Crippen LogP contribution < -0.4 is 5.32 Å². The van der Waals surface area contributed by atoms with Gasteiger partial charge in [-0.3, -0.25) is 4.68 Å². The van der Waals surface area contributed by atoms with E-state index in [0.29, 0.717) is 12.6 Å². The van der Waals surface area contributed by atoms with Crippen molar-refractivity contribution in [2.75, 3.05) is 6.61 Å². The zero-order chi connectivity index (χ0) is 13.9. The number of hydrogen-bond acceptors (Lipinski definition) is 4. The first-order valence-electron chi connectivity index (χ1n) is 7.21. The molecule has 0 aliphatic heterocycles. The second kappa shape index (κ2) is 5.81. The van der Waals surface area contributed by atoms with Gasteiger partial charge in [0.15, 0.2) is 0 Å². The molecule has 2 N–H and O–H groups in total. The third-order valence-electron chi connectivity index (χ3n) is 4.05. The SMILES string of the molecule is Cc1ccoc1CNC1CCCc2c1cnn2CCO. The molecule has 2 aromatic rings. The van der Waals surface area contributed by atoms with Crippen molar-refractivity contribution in [1.82, 2.24) is 15.1 Å². The highest BCUT2D eigenvalue weighted by atomic mass is 16.3. The van der Waals surface area contributed by atoms with Gasteiger partial charge in [0.05, 0.1) is 32.2 Å². The van der Waals surface area contributed by atoms with E-state index < -0.39 is 0 Å². The standard InChI is InChI=1S/C15H21N3O2/c1-11-5-8-20-15(11)10-16-13-3-2-4-14-12(13)9-17-18(14)6-7-19/h5,8-9,13,16,19H,2-4,6-7,10H2,1H3. The Morgan fingerprint density at radius 1 is 1.55 bits per heavy atom. The Labute approximate surface area is 118 Å². The van der Waals surface area contributed by atoms with E-state index in [1.807, 2.05) is 16.9 Å². The van der Waals surface area contributed by atoms with E-state index in [0.717, 1.165) is 31.6 Å². The topological polar surface area (TPSA) is 63.2 Å². The summed E-state index contributed by atoms with van der Waals surface area (Å²) in [6, 6.07) is 2.32. The van der Waals surface area contributed by atoms with E-state index in [1.165, 1.54) is 16.8 Å². The number of nitrogens with one attached hydrogen (secondary N) is 1. The van der Waals surface area contributed by atoms with Gasteiger partial charge in [-0.1, -0.05) is 0 Å². The molecule has 0 fully saturated rings. The molecule has 2 heterocycles. The first-order valence-corrected chi connectivity index (χ1v) is 7.21. The van der Waals surface area contributed by atoms with Crippen LogP contribution in [0.5, 0.6) is 0 Å². The number of furan rings is 1. The highest BCUT2D eigenvalue weighted by Crippen LogP contribution is 2.30. The van der Waals surface area contributed by atoms with Crippen LogP contribution in [-0.2, 0) is 19.5 Å². The molecular weight excluding hydrogens is 254 g/mol. The first-order chi connectivity index (χ1) is 9.79. The van der Waals surface area contributed by atoms with Crippen LogP contribution in [0.25, 0.3) is 0 Å². The van der Waals surface area contributed by atoms with Crippen LogP contribution in [-0.4, -0.2) is 21.5 Å². The van der Waals surface area contributed by atoms with Crippen molar-refractivity contribution in [3.63, 3.8) is 0 Å². The van der Waals surface area contributed by atoms with E-state index in [4.69, 9.17) is 9.52 Å². The molecule has 3 rings (SSSR count). The molecule has 5 nitrogen and oxygen atoms in total. The van der Waals surface area contributed by atoms with Crippen molar-refractivity contribution < 1.29 is 9.52 Å². The maximum absolute atomic E-state index is 9.08. The third-order valence-corrected chi connectivity index (χ3v) is 4.05. The average molecular weight is 275 g/mol. The molecule has 1 aliphatic rings. The number of aromatic nitrogens is 2. The second-order valence-electron chi connectivity index (χ2n) is 5.35. The Morgan fingerprint density at radius 3 is 3.20 bits per heavy atom. The van der Waals surface area contributed by atoms with Gasteiger partial charge in [-0.25, -0.2) is 0 Å². The molecule has 5 heteroatoms. The zero-order valence-electron chi connectivity index (χ0n) is 11.8. The van der Waals surface area contributed by atoms with Crippen LogP contribution in [0.1, 0.15) is 41.5 Å². The van der Waals surface area contributed by atoms with Crippen molar-refractivity contribution in [3.8, 4) is 0 Å². The second-order valence-corrected chi connectivity index (χ2v) is 5.35. The Morgan fingerprint density at radius 2 is 2.45 bits per heavy atom. The van der Waals surface area contributed by atoms with Crippen LogP contribution in [0.3, 0.4) is 0 Å². The summed E-state index contributed by atoms with van der Waals surface area (Å²) in [5, 5.41) is 17.0. The van der Waals surface area contributed by atoms with Crippen molar-refractivity contribution in [3.05, 3.63) is 41.1 Å². The number of nitrogens with zero attached hydrogens (tertiary/aromatic N) is 2. The molecule has 1 atom stereocenters. The number of aliphatic hydroxyl groups is 1. The maximum atomic E-state index is 9.08. The summed E-state index contributed by atoms with van der Waals surface area (Å²) < 4.78 is 7.40. The number of aliphatic hydroxyl groups excluding tert-OH is 1. The monoisotopic (exact) mass is 275 g/mol. The van der Waals surface area contributed by atoms with E-state index in [1.54, 1.807) is 6.26 Å². The van der Waals surface area contributed by atoms with Crippen molar-refractivity contribution in [1.29, 1.82) is 0 Å². The van der Waals surface area contributed by atoms with Gasteiger partial charge in [-0.2, -0.15) is 5.10 Å². The maximum Gasteiger partial charge on any atom is 0.120 e. The molecule has 0 spiro atoms. The highest BCUT2D eigenvalue weighted by Gasteiger charge is 2.24. The lowest BCUT2D eigenvalue weighted by Gasteiger charge is -2.24. The molecule has 0 saturated heterocycles. The summed E-state index contributed by atoms with van der Waals surface area (Å²) in [4.78, 5) is 0. The minimum absolute atomic E-state index is 0.137. The van der Waals surface area contributed by atoms with E-state index in [9.17, 15) is 0 Å². The molecular formula is C15H21N3O2. The largest absolute Gasteiger partial charge is 0.468 e. The van der Waals surface area contributed by atoms with Crippen LogP contribution in [0.15, 0.2) is 22.9 Å². The summed E-state index contributed by atoms with van der Waals surface area (Å²) in [6.07, 6.45) is 7.00. The van der Waals surface area contributed by atoms with Crippen LogP contribution in [0, 0.1) is 6.92 Å². The van der Waals surface area contributed by atoms with Gasteiger partial charge in [0, 0.05) is 17.3 Å². The number of rotatable bonds is 5. The van der Waals surface area contributed by atoms with Crippen molar-refractivity contribution in [2.45, 2.75) is 45.3 Å². The molecule has 1 aliphatic carbocycles. The fraction of sp³-hybridized carbons (Fsp3) is 0.533. The normalized spacial score (nSPS) is 18.2. The Kier molecular flexibility index (Phi) is 3.89. The van der Waals surface area contributed by atoms with Gasteiger partial charge in [-0.15, -0.1) is 0 Å². The van der Waals surface area contributed by atoms with E-state index in [-0.39, 0.29) is 6.61 Å².